The molecule has 0 aliphatic heterocycles. The van der Waals surface area contributed by atoms with E-state index in [0.29, 0.717) is 37.4 Å². The van der Waals surface area contributed by atoms with Crippen LogP contribution in [0.2, 0.25) is 0 Å². The van der Waals surface area contributed by atoms with Crippen molar-refractivity contribution >= 4 is 11.9 Å². The van der Waals surface area contributed by atoms with Gasteiger partial charge in [0.15, 0.2) is 0 Å². The fourth-order valence-electron chi connectivity index (χ4n) is 5.69. The second kappa shape index (κ2) is 27.1. The van der Waals surface area contributed by atoms with Crippen molar-refractivity contribution in [1.29, 1.82) is 0 Å². The van der Waals surface area contributed by atoms with E-state index in [0.717, 1.165) is 57.8 Å². The molecule has 4 heteroatoms. The van der Waals surface area contributed by atoms with Gasteiger partial charge < -0.3 is 9.47 Å². The molecule has 0 saturated heterocycles. The number of carbonyl (C=O) groups is 2. The minimum atomic E-state index is -0.0107. The summed E-state index contributed by atoms with van der Waals surface area (Å²) in [5, 5.41) is 0. The Labute approximate surface area is 244 Å². The summed E-state index contributed by atoms with van der Waals surface area (Å²) < 4.78 is 11.0. The second-order valence-electron chi connectivity index (χ2n) is 12.6. The zero-order valence-corrected chi connectivity index (χ0v) is 27.2. The minimum absolute atomic E-state index is 0.0107. The Morgan fingerprint density at radius 3 is 1.38 bits per heavy atom. The second-order valence-corrected chi connectivity index (χ2v) is 12.6. The van der Waals surface area contributed by atoms with Gasteiger partial charge in [0.25, 0.3) is 0 Å². The number of hydrogen-bond donors (Lipinski definition) is 0. The summed E-state index contributed by atoms with van der Waals surface area (Å²) >= 11 is 0. The fourth-order valence-corrected chi connectivity index (χ4v) is 5.69. The van der Waals surface area contributed by atoms with E-state index < -0.39 is 0 Å². The van der Waals surface area contributed by atoms with Crippen molar-refractivity contribution in [1.82, 2.24) is 0 Å². The molecular formula is C35H68O4. The molecule has 0 bridgehead atoms. The third-order valence-electron chi connectivity index (χ3n) is 8.23. The maximum Gasteiger partial charge on any atom is 0.309 e. The summed E-state index contributed by atoms with van der Waals surface area (Å²) in [5.41, 5.74) is 0. The van der Waals surface area contributed by atoms with E-state index in [1.807, 2.05) is 0 Å². The smallest absolute Gasteiger partial charge is 0.309 e. The zero-order chi connectivity index (χ0) is 29.1. The van der Waals surface area contributed by atoms with Crippen LogP contribution in [0.25, 0.3) is 0 Å². The highest BCUT2D eigenvalue weighted by Gasteiger charge is 2.33. The van der Waals surface area contributed by atoms with E-state index in [2.05, 4.69) is 41.5 Å². The molecule has 0 aromatic rings. The van der Waals surface area contributed by atoms with Crippen LogP contribution >= 0.6 is 0 Å². The first-order valence-corrected chi connectivity index (χ1v) is 17.2. The van der Waals surface area contributed by atoms with Crippen molar-refractivity contribution in [3.63, 3.8) is 0 Å². The van der Waals surface area contributed by atoms with Crippen molar-refractivity contribution in [2.24, 2.45) is 23.7 Å². The van der Waals surface area contributed by atoms with Crippen molar-refractivity contribution in [3.05, 3.63) is 0 Å². The van der Waals surface area contributed by atoms with Crippen LogP contribution in [-0.4, -0.2) is 25.2 Å². The van der Waals surface area contributed by atoms with Gasteiger partial charge in [0.05, 0.1) is 19.1 Å². The number of esters is 2. The third kappa shape index (κ3) is 22.3. The molecule has 232 valence electrons. The molecule has 0 rings (SSSR count). The highest BCUT2D eigenvalue weighted by atomic mass is 16.5. The number of carbonyl (C=O) groups excluding carboxylic acids is 2. The van der Waals surface area contributed by atoms with Gasteiger partial charge in [-0.15, -0.1) is 0 Å². The van der Waals surface area contributed by atoms with Gasteiger partial charge in [0, 0.05) is 6.42 Å². The highest BCUT2D eigenvalue weighted by Crippen LogP contribution is 2.33. The quantitative estimate of drug-likeness (QED) is 0.0715. The van der Waals surface area contributed by atoms with Crippen LogP contribution in [0, 0.1) is 23.7 Å². The molecule has 0 radical (unpaired) electrons. The molecule has 0 aliphatic rings. The van der Waals surface area contributed by atoms with E-state index >= 15 is 0 Å². The molecule has 0 spiro atoms. The topological polar surface area (TPSA) is 52.6 Å². The Kier molecular flexibility index (Phi) is 26.4. The van der Waals surface area contributed by atoms with Crippen LogP contribution in [0.4, 0.5) is 0 Å². The average Bonchev–Trinajstić information content (AvgIpc) is 2.90. The molecule has 0 heterocycles. The van der Waals surface area contributed by atoms with Crippen LogP contribution in [0.15, 0.2) is 0 Å². The van der Waals surface area contributed by atoms with E-state index in [-0.39, 0.29) is 17.9 Å². The summed E-state index contributed by atoms with van der Waals surface area (Å²) in [4.78, 5) is 24.5. The minimum Gasteiger partial charge on any atom is -0.466 e. The standard InChI is InChI=1S/C35H68O4/c1-7-9-24-28-38-33(36)27-23-21-19-17-15-13-11-12-14-16-18-20-22-26-32(30(3)4)34(31(5)6)35(37)39-29-25-10-8-2/h30-32,34H,7-29H2,1-6H3. The Morgan fingerprint density at radius 2 is 0.949 bits per heavy atom. The normalized spacial score (nSPS) is 13.1. The van der Waals surface area contributed by atoms with Crippen molar-refractivity contribution in [2.45, 2.75) is 176 Å². The lowest BCUT2D eigenvalue weighted by molar-refractivity contribution is -0.153. The molecule has 0 N–H and O–H groups in total. The van der Waals surface area contributed by atoms with Gasteiger partial charge in [-0.3, -0.25) is 9.59 Å². The first-order chi connectivity index (χ1) is 18.8. The largest absolute Gasteiger partial charge is 0.466 e. The maximum absolute atomic E-state index is 12.9. The monoisotopic (exact) mass is 553 g/mol. The lowest BCUT2D eigenvalue weighted by Crippen LogP contribution is -2.33. The molecule has 0 aromatic carbocycles. The molecule has 0 fully saturated rings. The third-order valence-corrected chi connectivity index (χ3v) is 8.23. The molecule has 2 unspecified atom stereocenters. The first kappa shape index (κ1) is 37.9. The van der Waals surface area contributed by atoms with Gasteiger partial charge in [-0.2, -0.15) is 0 Å². The molecular weight excluding hydrogens is 484 g/mol. The van der Waals surface area contributed by atoms with Crippen LogP contribution in [0.5, 0.6) is 0 Å². The Morgan fingerprint density at radius 1 is 0.513 bits per heavy atom. The van der Waals surface area contributed by atoms with Crippen molar-refractivity contribution < 1.29 is 19.1 Å². The Bertz CT molecular complexity index is 557. The molecule has 0 aliphatic carbocycles. The first-order valence-electron chi connectivity index (χ1n) is 17.2. The number of hydrogen-bond acceptors (Lipinski definition) is 4. The summed E-state index contributed by atoms with van der Waals surface area (Å²) in [7, 11) is 0. The SMILES string of the molecule is CCCCCOC(=O)CCCCCCCCCCCCCCCC(C(C)C)C(C(=O)OCCCCC)C(C)C. The van der Waals surface area contributed by atoms with E-state index in [9.17, 15) is 9.59 Å². The predicted molar refractivity (Wildman–Crippen MR) is 167 cm³/mol. The van der Waals surface area contributed by atoms with Gasteiger partial charge in [0.2, 0.25) is 0 Å². The van der Waals surface area contributed by atoms with E-state index in [1.54, 1.807) is 0 Å². The van der Waals surface area contributed by atoms with Gasteiger partial charge in [-0.05, 0) is 43.4 Å². The lowest BCUT2D eigenvalue weighted by atomic mass is 9.74. The van der Waals surface area contributed by atoms with Gasteiger partial charge in [0.1, 0.15) is 0 Å². The number of rotatable bonds is 28. The number of ether oxygens (including phenoxy) is 2. The molecule has 0 amide bonds. The highest BCUT2D eigenvalue weighted by molar-refractivity contribution is 5.73. The summed E-state index contributed by atoms with van der Waals surface area (Å²) in [6.45, 7) is 14.4. The Hall–Kier alpha value is -1.06. The van der Waals surface area contributed by atoms with Crippen LogP contribution in [0.3, 0.4) is 0 Å². The Balaban J connectivity index is 3.77. The van der Waals surface area contributed by atoms with E-state index in [1.165, 1.54) is 70.6 Å². The van der Waals surface area contributed by atoms with Crippen LogP contribution in [-0.2, 0) is 19.1 Å². The van der Waals surface area contributed by atoms with Crippen molar-refractivity contribution in [3.8, 4) is 0 Å². The van der Waals surface area contributed by atoms with E-state index in [4.69, 9.17) is 9.47 Å². The van der Waals surface area contributed by atoms with Crippen LogP contribution in [0.1, 0.15) is 176 Å². The molecule has 4 nitrogen and oxygen atoms in total. The summed E-state index contributed by atoms with van der Waals surface area (Å²) in [5.74, 6) is 1.33. The average molecular weight is 553 g/mol. The van der Waals surface area contributed by atoms with Crippen molar-refractivity contribution in [2.75, 3.05) is 13.2 Å². The van der Waals surface area contributed by atoms with Gasteiger partial charge in [-0.1, -0.05) is 144 Å². The zero-order valence-electron chi connectivity index (χ0n) is 27.2. The molecule has 39 heavy (non-hydrogen) atoms. The summed E-state index contributed by atoms with van der Waals surface area (Å²) in [6.07, 6.45) is 24.9. The lowest BCUT2D eigenvalue weighted by Gasteiger charge is -2.31. The van der Waals surface area contributed by atoms with Gasteiger partial charge in [-0.25, -0.2) is 0 Å². The van der Waals surface area contributed by atoms with Crippen LogP contribution < -0.4 is 0 Å². The predicted octanol–water partition coefficient (Wildman–Crippen LogP) is 10.8. The summed E-state index contributed by atoms with van der Waals surface area (Å²) in [6, 6.07) is 0. The fraction of sp³-hybridized carbons (Fsp3) is 0.943. The molecule has 0 saturated carbocycles. The molecule has 2 atom stereocenters. The van der Waals surface area contributed by atoms with Gasteiger partial charge >= 0.3 is 11.9 Å². The maximum atomic E-state index is 12.9. The number of unbranched alkanes of at least 4 members (excludes halogenated alkanes) is 16. The molecule has 0 aromatic heterocycles.